The van der Waals surface area contributed by atoms with E-state index in [1.54, 1.807) is 6.33 Å². The molecule has 0 aliphatic carbocycles. The van der Waals surface area contributed by atoms with Gasteiger partial charge in [-0.15, -0.1) is 0 Å². The molecule has 1 aromatic rings. The molecule has 1 N–H and O–H groups in total. The van der Waals surface area contributed by atoms with Crippen molar-refractivity contribution in [2.75, 3.05) is 25.1 Å². The average Bonchev–Trinajstić information content (AvgIpc) is 2.84. The van der Waals surface area contributed by atoms with Crippen LogP contribution in [-0.4, -0.2) is 43.1 Å². The Morgan fingerprint density at radius 1 is 1.62 bits per heavy atom. The van der Waals surface area contributed by atoms with Crippen molar-refractivity contribution in [3.63, 3.8) is 0 Å². The zero-order valence-electron chi connectivity index (χ0n) is 9.39. The number of aryl methyl sites for hydroxylation is 1. The SMILES string of the molecule is CS(=O)(=O)CCn1cncc1C1CCNC1. The van der Waals surface area contributed by atoms with Crippen LogP contribution >= 0.6 is 0 Å². The minimum Gasteiger partial charge on any atom is -0.333 e. The van der Waals surface area contributed by atoms with Gasteiger partial charge in [-0.1, -0.05) is 0 Å². The van der Waals surface area contributed by atoms with Crippen LogP contribution in [0.3, 0.4) is 0 Å². The van der Waals surface area contributed by atoms with E-state index in [1.807, 2.05) is 10.8 Å². The lowest BCUT2D eigenvalue weighted by molar-refractivity contribution is 0.587. The minimum absolute atomic E-state index is 0.177. The van der Waals surface area contributed by atoms with Crippen LogP contribution in [0.15, 0.2) is 12.5 Å². The van der Waals surface area contributed by atoms with Gasteiger partial charge < -0.3 is 9.88 Å². The fourth-order valence-corrected chi connectivity index (χ4v) is 2.56. The summed E-state index contributed by atoms with van der Waals surface area (Å²) >= 11 is 0. The summed E-state index contributed by atoms with van der Waals surface area (Å²) in [5.41, 5.74) is 1.15. The van der Waals surface area contributed by atoms with E-state index in [-0.39, 0.29) is 5.75 Å². The number of sulfone groups is 1. The molecule has 1 fully saturated rings. The van der Waals surface area contributed by atoms with E-state index in [9.17, 15) is 8.42 Å². The number of rotatable bonds is 4. The van der Waals surface area contributed by atoms with E-state index >= 15 is 0 Å². The first-order valence-corrected chi connectivity index (χ1v) is 7.51. The van der Waals surface area contributed by atoms with E-state index in [0.717, 1.165) is 25.2 Å². The smallest absolute Gasteiger partial charge is 0.149 e. The summed E-state index contributed by atoms with van der Waals surface area (Å²) in [6.07, 6.45) is 5.93. The van der Waals surface area contributed by atoms with Crippen LogP contribution < -0.4 is 5.32 Å². The zero-order chi connectivity index (χ0) is 11.6. The second kappa shape index (κ2) is 4.55. The Kier molecular flexibility index (Phi) is 3.30. The standard InChI is InChI=1S/C10H17N3O2S/c1-16(14,15)5-4-13-8-12-7-10(13)9-2-3-11-6-9/h7-9,11H,2-6H2,1H3. The number of nitrogens with zero attached hydrogens (tertiary/aromatic N) is 2. The van der Waals surface area contributed by atoms with Gasteiger partial charge in [-0.25, -0.2) is 13.4 Å². The molecular weight excluding hydrogens is 226 g/mol. The number of aromatic nitrogens is 2. The van der Waals surface area contributed by atoms with E-state index in [1.165, 1.54) is 6.26 Å². The number of nitrogens with one attached hydrogen (secondary N) is 1. The van der Waals surface area contributed by atoms with E-state index in [0.29, 0.717) is 12.5 Å². The first-order valence-electron chi connectivity index (χ1n) is 5.45. The summed E-state index contributed by atoms with van der Waals surface area (Å²) in [6.45, 7) is 2.50. The molecule has 0 aromatic carbocycles. The monoisotopic (exact) mass is 243 g/mol. The van der Waals surface area contributed by atoms with Gasteiger partial charge in [-0.05, 0) is 13.0 Å². The molecule has 0 bridgehead atoms. The lowest BCUT2D eigenvalue weighted by Gasteiger charge is -2.12. The van der Waals surface area contributed by atoms with Crippen molar-refractivity contribution in [2.45, 2.75) is 18.9 Å². The van der Waals surface area contributed by atoms with Crippen LogP contribution in [0.5, 0.6) is 0 Å². The molecule has 1 aliphatic rings. The minimum atomic E-state index is -2.90. The first-order chi connectivity index (χ1) is 7.56. The summed E-state index contributed by atoms with van der Waals surface area (Å²) < 4.78 is 24.2. The Hall–Kier alpha value is -0.880. The molecule has 6 heteroatoms. The molecule has 2 heterocycles. The van der Waals surface area contributed by atoms with Crippen LogP contribution in [0.2, 0.25) is 0 Å². The van der Waals surface area contributed by atoms with Gasteiger partial charge in [0, 0.05) is 37.2 Å². The van der Waals surface area contributed by atoms with Gasteiger partial charge in [0.05, 0.1) is 12.1 Å². The number of hydrogen-bond donors (Lipinski definition) is 1. The van der Waals surface area contributed by atoms with Crippen molar-refractivity contribution in [2.24, 2.45) is 0 Å². The second-order valence-corrected chi connectivity index (χ2v) is 6.59. The van der Waals surface area contributed by atoms with Crippen LogP contribution in [-0.2, 0) is 16.4 Å². The molecule has 1 aliphatic heterocycles. The third-order valence-electron chi connectivity index (χ3n) is 2.93. The Labute approximate surface area is 95.8 Å². The maximum Gasteiger partial charge on any atom is 0.149 e. The highest BCUT2D eigenvalue weighted by atomic mass is 32.2. The van der Waals surface area contributed by atoms with Gasteiger partial charge in [-0.3, -0.25) is 0 Å². The average molecular weight is 243 g/mol. The fraction of sp³-hybridized carbons (Fsp3) is 0.700. The molecule has 0 radical (unpaired) electrons. The van der Waals surface area contributed by atoms with Crippen LogP contribution in [0.1, 0.15) is 18.0 Å². The highest BCUT2D eigenvalue weighted by Crippen LogP contribution is 2.21. The molecule has 1 aromatic heterocycles. The van der Waals surface area contributed by atoms with E-state index in [4.69, 9.17) is 0 Å². The summed E-state index contributed by atoms with van der Waals surface area (Å²) in [7, 11) is -2.90. The molecule has 2 rings (SSSR count). The Morgan fingerprint density at radius 2 is 2.44 bits per heavy atom. The first kappa shape index (κ1) is 11.6. The van der Waals surface area contributed by atoms with Crippen LogP contribution in [0, 0.1) is 0 Å². The van der Waals surface area contributed by atoms with E-state index in [2.05, 4.69) is 10.3 Å². The van der Waals surface area contributed by atoms with Crippen molar-refractivity contribution in [1.82, 2.24) is 14.9 Å². The maximum absolute atomic E-state index is 11.1. The predicted molar refractivity (Wildman–Crippen MR) is 62.2 cm³/mol. The van der Waals surface area contributed by atoms with Crippen LogP contribution in [0.25, 0.3) is 0 Å². The van der Waals surface area contributed by atoms with E-state index < -0.39 is 9.84 Å². The molecule has 0 saturated carbocycles. The topological polar surface area (TPSA) is 64.0 Å². The largest absolute Gasteiger partial charge is 0.333 e. The highest BCUT2D eigenvalue weighted by Gasteiger charge is 2.20. The van der Waals surface area contributed by atoms with Gasteiger partial charge in [0.1, 0.15) is 9.84 Å². The van der Waals surface area contributed by atoms with Crippen molar-refractivity contribution < 1.29 is 8.42 Å². The Bertz CT molecular complexity index is 446. The van der Waals surface area contributed by atoms with Gasteiger partial charge >= 0.3 is 0 Å². The molecular formula is C10H17N3O2S. The van der Waals surface area contributed by atoms with Crippen LogP contribution in [0.4, 0.5) is 0 Å². The Balaban J connectivity index is 2.07. The lowest BCUT2D eigenvalue weighted by Crippen LogP contribution is -2.15. The summed E-state index contributed by atoms with van der Waals surface area (Å²) in [6, 6.07) is 0. The van der Waals surface area contributed by atoms with Gasteiger partial charge in [0.15, 0.2) is 0 Å². The highest BCUT2D eigenvalue weighted by molar-refractivity contribution is 7.90. The van der Waals surface area contributed by atoms with Crippen molar-refractivity contribution in [1.29, 1.82) is 0 Å². The lowest BCUT2D eigenvalue weighted by atomic mass is 10.1. The normalized spacial score (nSPS) is 21.4. The molecule has 5 nitrogen and oxygen atoms in total. The van der Waals surface area contributed by atoms with Crippen molar-refractivity contribution in [3.8, 4) is 0 Å². The number of hydrogen-bond acceptors (Lipinski definition) is 4. The molecule has 1 saturated heterocycles. The van der Waals surface area contributed by atoms with Gasteiger partial charge in [-0.2, -0.15) is 0 Å². The second-order valence-electron chi connectivity index (χ2n) is 4.33. The van der Waals surface area contributed by atoms with Gasteiger partial charge in [0.25, 0.3) is 0 Å². The third kappa shape index (κ3) is 2.82. The molecule has 0 amide bonds. The van der Waals surface area contributed by atoms with Crippen molar-refractivity contribution in [3.05, 3.63) is 18.2 Å². The number of imidazole rings is 1. The Morgan fingerprint density at radius 3 is 3.06 bits per heavy atom. The van der Waals surface area contributed by atoms with Gasteiger partial charge in [0.2, 0.25) is 0 Å². The van der Waals surface area contributed by atoms with Crippen molar-refractivity contribution >= 4 is 9.84 Å². The summed E-state index contributed by atoms with van der Waals surface area (Å²) in [5.74, 6) is 0.651. The predicted octanol–water partition coefficient (Wildman–Crippen LogP) is 0.00460. The third-order valence-corrected chi connectivity index (χ3v) is 3.85. The zero-order valence-corrected chi connectivity index (χ0v) is 10.2. The summed E-state index contributed by atoms with van der Waals surface area (Å²) in [5, 5.41) is 3.30. The molecule has 16 heavy (non-hydrogen) atoms. The maximum atomic E-state index is 11.1. The fourth-order valence-electron chi connectivity index (χ4n) is 2.03. The molecule has 1 unspecified atom stereocenters. The molecule has 0 spiro atoms. The molecule has 90 valence electrons. The quantitative estimate of drug-likeness (QED) is 0.809. The summed E-state index contributed by atoms with van der Waals surface area (Å²) in [4.78, 5) is 4.11. The molecule has 1 atom stereocenters.